The fourth-order valence-corrected chi connectivity index (χ4v) is 1.55. The number of carbonyl (C=O) groups is 1. The number of nitrogens with two attached hydrogens (primary N) is 1. The molecule has 0 aliphatic heterocycles. The van der Waals surface area contributed by atoms with E-state index in [1.165, 1.54) is 0 Å². The van der Waals surface area contributed by atoms with Gasteiger partial charge in [-0.15, -0.1) is 0 Å². The van der Waals surface area contributed by atoms with E-state index in [0.29, 0.717) is 13.2 Å². The molecule has 1 rings (SSSR count). The summed E-state index contributed by atoms with van der Waals surface area (Å²) in [5.41, 5.74) is 7.93. The fourth-order valence-electron chi connectivity index (χ4n) is 1.55. The van der Waals surface area contributed by atoms with Gasteiger partial charge >= 0.3 is 5.97 Å². The van der Waals surface area contributed by atoms with E-state index in [-0.39, 0.29) is 18.4 Å². The lowest BCUT2D eigenvalue weighted by atomic mass is 10.0. The number of ether oxygens (including phenoxy) is 2. The van der Waals surface area contributed by atoms with Gasteiger partial charge in [-0.3, -0.25) is 4.79 Å². The van der Waals surface area contributed by atoms with Crippen molar-refractivity contribution in [2.24, 2.45) is 5.73 Å². The first-order chi connectivity index (χ1) is 8.17. The van der Waals surface area contributed by atoms with Crippen molar-refractivity contribution in [3.63, 3.8) is 0 Å². The van der Waals surface area contributed by atoms with Gasteiger partial charge in [0.1, 0.15) is 0 Å². The van der Waals surface area contributed by atoms with Crippen molar-refractivity contribution >= 4 is 5.97 Å². The van der Waals surface area contributed by atoms with Crippen molar-refractivity contribution in [3.8, 4) is 0 Å². The van der Waals surface area contributed by atoms with Crippen molar-refractivity contribution in [2.45, 2.75) is 26.0 Å². The molecule has 0 spiro atoms. The van der Waals surface area contributed by atoms with Crippen LogP contribution >= 0.6 is 0 Å². The van der Waals surface area contributed by atoms with E-state index < -0.39 is 0 Å². The third-order valence-corrected chi connectivity index (χ3v) is 2.41. The molecular weight excluding hydrogens is 218 g/mol. The quantitative estimate of drug-likeness (QED) is 0.766. The Bertz CT molecular complexity index is 348. The first-order valence-electron chi connectivity index (χ1n) is 5.66. The minimum Gasteiger partial charge on any atom is -0.466 e. The van der Waals surface area contributed by atoms with E-state index in [2.05, 4.69) is 0 Å². The van der Waals surface area contributed by atoms with Gasteiger partial charge < -0.3 is 15.2 Å². The Hall–Kier alpha value is -1.39. The van der Waals surface area contributed by atoms with E-state index in [0.717, 1.165) is 11.1 Å². The second-order valence-electron chi connectivity index (χ2n) is 3.79. The van der Waals surface area contributed by atoms with Crippen LogP contribution in [0.25, 0.3) is 0 Å². The van der Waals surface area contributed by atoms with Gasteiger partial charge in [0, 0.05) is 13.2 Å². The minimum absolute atomic E-state index is 0.206. The lowest BCUT2D eigenvalue weighted by molar-refractivity contribution is -0.143. The molecular formula is C13H19NO3. The second kappa shape index (κ2) is 7.04. The van der Waals surface area contributed by atoms with E-state index >= 15 is 0 Å². The van der Waals surface area contributed by atoms with Gasteiger partial charge in [-0.2, -0.15) is 0 Å². The number of hydrogen-bond acceptors (Lipinski definition) is 4. The van der Waals surface area contributed by atoms with Gasteiger partial charge in [-0.05, 0) is 18.1 Å². The van der Waals surface area contributed by atoms with Crippen LogP contribution in [0.4, 0.5) is 0 Å². The molecule has 0 amide bonds. The van der Waals surface area contributed by atoms with E-state index in [9.17, 15) is 4.79 Å². The zero-order valence-corrected chi connectivity index (χ0v) is 10.3. The normalized spacial score (nSPS) is 12.2. The van der Waals surface area contributed by atoms with Crippen LogP contribution in [0.5, 0.6) is 0 Å². The Morgan fingerprint density at radius 3 is 2.53 bits per heavy atom. The number of carbonyl (C=O) groups excluding carboxylic acids is 1. The molecule has 1 aromatic carbocycles. The summed E-state index contributed by atoms with van der Waals surface area (Å²) in [6, 6.07) is 7.41. The Morgan fingerprint density at radius 2 is 2.00 bits per heavy atom. The Morgan fingerprint density at radius 1 is 1.35 bits per heavy atom. The molecule has 0 radical (unpaired) electrons. The van der Waals surface area contributed by atoms with Gasteiger partial charge in [0.25, 0.3) is 0 Å². The minimum atomic E-state index is -0.314. The average molecular weight is 237 g/mol. The maximum absolute atomic E-state index is 11.3. The molecule has 0 aliphatic rings. The summed E-state index contributed by atoms with van der Waals surface area (Å²) in [4.78, 5) is 11.3. The Kier molecular flexibility index (Phi) is 5.66. The summed E-state index contributed by atoms with van der Waals surface area (Å²) in [6.07, 6.45) is 0.206. The van der Waals surface area contributed by atoms with Crippen molar-refractivity contribution in [1.82, 2.24) is 0 Å². The predicted molar refractivity (Wildman–Crippen MR) is 65.3 cm³/mol. The summed E-state index contributed by atoms with van der Waals surface area (Å²) in [5.74, 6) is -0.263. The summed E-state index contributed by atoms with van der Waals surface area (Å²) in [6.45, 7) is 2.74. The molecule has 2 N–H and O–H groups in total. The van der Waals surface area contributed by atoms with Crippen LogP contribution in [0.15, 0.2) is 24.3 Å². The molecule has 0 saturated carbocycles. The molecule has 4 nitrogen and oxygen atoms in total. The van der Waals surface area contributed by atoms with E-state index in [1.54, 1.807) is 14.0 Å². The molecule has 1 atom stereocenters. The molecule has 0 saturated heterocycles. The van der Waals surface area contributed by atoms with Crippen LogP contribution in [-0.4, -0.2) is 19.7 Å². The van der Waals surface area contributed by atoms with Crippen LogP contribution in [-0.2, 0) is 20.9 Å². The number of benzene rings is 1. The van der Waals surface area contributed by atoms with Gasteiger partial charge in [-0.1, -0.05) is 24.3 Å². The largest absolute Gasteiger partial charge is 0.466 e. The molecule has 1 aromatic rings. The summed E-state index contributed by atoms with van der Waals surface area (Å²) >= 11 is 0. The Balaban J connectivity index is 2.56. The van der Waals surface area contributed by atoms with Crippen LogP contribution < -0.4 is 5.73 Å². The SMILES string of the molecule is CCOC(=O)CC(N)c1ccc(COC)cc1. The highest BCUT2D eigenvalue weighted by molar-refractivity contribution is 5.70. The molecule has 0 heterocycles. The smallest absolute Gasteiger partial charge is 0.307 e. The lowest BCUT2D eigenvalue weighted by Gasteiger charge is -2.11. The van der Waals surface area contributed by atoms with Crippen molar-refractivity contribution < 1.29 is 14.3 Å². The van der Waals surface area contributed by atoms with Crippen LogP contribution in [0, 0.1) is 0 Å². The van der Waals surface area contributed by atoms with Gasteiger partial charge in [0.2, 0.25) is 0 Å². The monoisotopic (exact) mass is 237 g/mol. The first-order valence-corrected chi connectivity index (χ1v) is 5.66. The van der Waals surface area contributed by atoms with Gasteiger partial charge in [0.05, 0.1) is 19.6 Å². The number of methoxy groups -OCH3 is 1. The van der Waals surface area contributed by atoms with E-state index in [4.69, 9.17) is 15.2 Å². The van der Waals surface area contributed by atoms with Crippen LogP contribution in [0.3, 0.4) is 0 Å². The fraction of sp³-hybridized carbons (Fsp3) is 0.462. The molecule has 17 heavy (non-hydrogen) atoms. The predicted octanol–water partition coefficient (Wildman–Crippen LogP) is 1.79. The zero-order valence-electron chi connectivity index (χ0n) is 10.3. The van der Waals surface area contributed by atoms with Crippen molar-refractivity contribution in [2.75, 3.05) is 13.7 Å². The third-order valence-electron chi connectivity index (χ3n) is 2.41. The maximum atomic E-state index is 11.3. The highest BCUT2D eigenvalue weighted by Gasteiger charge is 2.12. The summed E-state index contributed by atoms with van der Waals surface area (Å²) < 4.78 is 9.88. The van der Waals surface area contributed by atoms with Crippen LogP contribution in [0.1, 0.15) is 30.5 Å². The highest BCUT2D eigenvalue weighted by Crippen LogP contribution is 2.15. The molecule has 94 valence electrons. The molecule has 4 heteroatoms. The molecule has 1 unspecified atom stereocenters. The second-order valence-corrected chi connectivity index (χ2v) is 3.79. The highest BCUT2D eigenvalue weighted by atomic mass is 16.5. The number of rotatable bonds is 6. The molecule has 0 bridgehead atoms. The summed E-state index contributed by atoms with van der Waals surface area (Å²) in [7, 11) is 1.65. The number of hydrogen-bond donors (Lipinski definition) is 1. The molecule has 0 aliphatic carbocycles. The zero-order chi connectivity index (χ0) is 12.7. The number of esters is 1. The topological polar surface area (TPSA) is 61.5 Å². The van der Waals surface area contributed by atoms with Crippen molar-refractivity contribution in [3.05, 3.63) is 35.4 Å². The standard InChI is InChI=1S/C13H19NO3/c1-3-17-13(15)8-12(14)11-6-4-10(5-7-11)9-16-2/h4-7,12H,3,8-9,14H2,1-2H3. The van der Waals surface area contributed by atoms with Crippen LogP contribution in [0.2, 0.25) is 0 Å². The van der Waals surface area contributed by atoms with Gasteiger partial charge in [0.15, 0.2) is 0 Å². The third kappa shape index (κ3) is 4.54. The van der Waals surface area contributed by atoms with Crippen molar-refractivity contribution in [1.29, 1.82) is 0 Å². The molecule has 0 aromatic heterocycles. The maximum Gasteiger partial charge on any atom is 0.307 e. The average Bonchev–Trinajstić information content (AvgIpc) is 2.30. The van der Waals surface area contributed by atoms with Gasteiger partial charge in [-0.25, -0.2) is 0 Å². The lowest BCUT2D eigenvalue weighted by Crippen LogP contribution is -2.17. The molecule has 0 fully saturated rings. The first kappa shape index (κ1) is 13.7. The Labute approximate surface area is 102 Å². The summed E-state index contributed by atoms with van der Waals surface area (Å²) in [5, 5.41) is 0. The van der Waals surface area contributed by atoms with E-state index in [1.807, 2.05) is 24.3 Å².